The van der Waals surface area contributed by atoms with Crippen LogP contribution in [0.5, 0.6) is 0 Å². The molecule has 0 spiro atoms. The quantitative estimate of drug-likeness (QED) is 0.878. The predicted molar refractivity (Wildman–Crippen MR) is 85.5 cm³/mol. The molecule has 2 aliphatic heterocycles. The van der Waals surface area contributed by atoms with Gasteiger partial charge in [-0.15, -0.1) is 12.4 Å². The van der Waals surface area contributed by atoms with Crippen LogP contribution in [0, 0.1) is 11.8 Å². The van der Waals surface area contributed by atoms with E-state index in [1.54, 1.807) is 0 Å². The number of aromatic nitrogens is 1. The van der Waals surface area contributed by atoms with Crippen molar-refractivity contribution < 1.29 is 4.79 Å². The predicted octanol–water partition coefficient (Wildman–Crippen LogP) is 2.54. The number of likely N-dealkylation sites (tertiary alicyclic amines) is 1. The van der Waals surface area contributed by atoms with Gasteiger partial charge in [0.2, 0.25) is 0 Å². The summed E-state index contributed by atoms with van der Waals surface area (Å²) in [5.41, 5.74) is 0.801. The minimum absolute atomic E-state index is 0. The highest BCUT2D eigenvalue weighted by molar-refractivity contribution is 9.10. The van der Waals surface area contributed by atoms with E-state index in [-0.39, 0.29) is 18.3 Å². The number of hydrogen-bond donors (Lipinski definition) is 1. The molecule has 0 radical (unpaired) electrons. The lowest BCUT2D eigenvalue weighted by atomic mass is 10.0. The molecule has 2 atom stereocenters. The molecule has 2 saturated heterocycles. The summed E-state index contributed by atoms with van der Waals surface area (Å²) in [6.45, 7) is 8.12. The molecule has 2 aliphatic rings. The summed E-state index contributed by atoms with van der Waals surface area (Å²) in [7, 11) is 0. The first-order chi connectivity index (χ1) is 9.06. The van der Waals surface area contributed by atoms with Crippen LogP contribution < -0.4 is 5.32 Å². The Hall–Kier alpha value is -0.520. The highest BCUT2D eigenvalue weighted by atomic mass is 79.9. The van der Waals surface area contributed by atoms with E-state index >= 15 is 0 Å². The maximum absolute atomic E-state index is 12.7. The summed E-state index contributed by atoms with van der Waals surface area (Å²) in [6, 6.07) is 2.24. The van der Waals surface area contributed by atoms with Crippen LogP contribution in [0.15, 0.2) is 16.7 Å². The van der Waals surface area contributed by atoms with Crippen molar-refractivity contribution in [3.05, 3.63) is 22.4 Å². The average Bonchev–Trinajstić information content (AvgIpc) is 2.99. The van der Waals surface area contributed by atoms with Gasteiger partial charge >= 0.3 is 0 Å². The largest absolute Gasteiger partial charge is 0.340 e. The van der Waals surface area contributed by atoms with E-state index in [4.69, 9.17) is 0 Å². The number of carbonyl (C=O) groups excluding carboxylic acids is 1. The number of halogens is 2. The SMILES string of the molecule is CC(C)n1cc(Br)cc1C(=O)N1C[C@H]2CNC[C@H]2C1.Cl. The Labute approximate surface area is 134 Å². The first kappa shape index (κ1) is 15.9. The molecule has 1 aromatic rings. The Balaban J connectivity index is 0.00000147. The van der Waals surface area contributed by atoms with Crippen molar-refractivity contribution in [3.8, 4) is 0 Å². The minimum atomic E-state index is 0. The molecule has 0 aliphatic carbocycles. The molecular weight excluding hydrogens is 342 g/mol. The number of rotatable bonds is 2. The van der Waals surface area contributed by atoms with E-state index < -0.39 is 0 Å². The number of carbonyl (C=O) groups is 1. The zero-order valence-corrected chi connectivity index (χ0v) is 14.2. The lowest BCUT2D eigenvalue weighted by molar-refractivity contribution is 0.0769. The highest BCUT2D eigenvalue weighted by Gasteiger charge is 2.38. The van der Waals surface area contributed by atoms with E-state index in [0.717, 1.165) is 36.3 Å². The standard InChI is InChI=1S/C14H20BrN3O.ClH/c1-9(2)18-8-12(15)3-13(18)14(19)17-6-10-4-16-5-11(10)7-17;/h3,8-11,16H,4-7H2,1-2H3;1H/t10-,11+;. The third-order valence-corrected chi connectivity index (χ3v) is 4.70. The molecule has 1 aromatic heterocycles. The molecule has 1 N–H and O–H groups in total. The molecule has 1 amide bonds. The molecule has 4 nitrogen and oxygen atoms in total. The van der Waals surface area contributed by atoms with E-state index in [0.29, 0.717) is 17.9 Å². The Morgan fingerprint density at radius 3 is 2.50 bits per heavy atom. The van der Waals surface area contributed by atoms with Gasteiger partial charge in [-0.25, -0.2) is 0 Å². The third kappa shape index (κ3) is 2.76. The van der Waals surface area contributed by atoms with E-state index in [9.17, 15) is 4.79 Å². The third-order valence-electron chi connectivity index (χ3n) is 4.27. The van der Waals surface area contributed by atoms with Crippen LogP contribution in [-0.4, -0.2) is 41.6 Å². The summed E-state index contributed by atoms with van der Waals surface area (Å²) in [5.74, 6) is 1.47. The Morgan fingerprint density at radius 2 is 1.95 bits per heavy atom. The maximum atomic E-state index is 12.7. The smallest absolute Gasteiger partial charge is 0.270 e. The first-order valence-corrected chi connectivity index (χ1v) is 7.73. The highest BCUT2D eigenvalue weighted by Crippen LogP contribution is 2.29. The molecule has 3 rings (SSSR count). The summed E-state index contributed by atoms with van der Waals surface area (Å²) < 4.78 is 3.03. The first-order valence-electron chi connectivity index (χ1n) is 6.93. The molecule has 0 saturated carbocycles. The van der Waals surface area contributed by atoms with Gasteiger partial charge in [-0.2, -0.15) is 0 Å². The Bertz CT molecular complexity index is 491. The van der Waals surface area contributed by atoms with Crippen LogP contribution in [0.25, 0.3) is 0 Å². The van der Waals surface area contributed by atoms with Crippen molar-refractivity contribution in [2.24, 2.45) is 11.8 Å². The van der Waals surface area contributed by atoms with Gasteiger partial charge in [0.05, 0.1) is 0 Å². The average molecular weight is 363 g/mol. The van der Waals surface area contributed by atoms with Crippen LogP contribution in [0.2, 0.25) is 0 Å². The number of nitrogens with one attached hydrogen (secondary N) is 1. The minimum Gasteiger partial charge on any atom is -0.340 e. The van der Waals surface area contributed by atoms with Crippen molar-refractivity contribution in [2.45, 2.75) is 19.9 Å². The monoisotopic (exact) mass is 361 g/mol. The molecule has 3 heterocycles. The number of amides is 1. The summed E-state index contributed by atoms with van der Waals surface area (Å²) in [5, 5.41) is 3.41. The fourth-order valence-electron chi connectivity index (χ4n) is 3.23. The van der Waals surface area contributed by atoms with E-state index in [1.807, 2.05) is 17.2 Å². The summed E-state index contributed by atoms with van der Waals surface area (Å²) in [4.78, 5) is 14.7. The summed E-state index contributed by atoms with van der Waals surface area (Å²) in [6.07, 6.45) is 2.00. The van der Waals surface area contributed by atoms with Crippen LogP contribution >= 0.6 is 28.3 Å². The molecule has 0 aromatic carbocycles. The zero-order valence-electron chi connectivity index (χ0n) is 11.8. The van der Waals surface area contributed by atoms with Gasteiger partial charge in [-0.05, 0) is 47.7 Å². The van der Waals surface area contributed by atoms with Gasteiger partial charge in [0.15, 0.2) is 0 Å². The zero-order chi connectivity index (χ0) is 13.6. The normalized spacial score (nSPS) is 24.9. The topological polar surface area (TPSA) is 37.3 Å². The maximum Gasteiger partial charge on any atom is 0.270 e. The van der Waals surface area contributed by atoms with Crippen LogP contribution in [-0.2, 0) is 0 Å². The Morgan fingerprint density at radius 1 is 1.35 bits per heavy atom. The lowest BCUT2D eigenvalue weighted by Crippen LogP contribution is -2.33. The second-order valence-electron chi connectivity index (χ2n) is 5.93. The second-order valence-corrected chi connectivity index (χ2v) is 6.85. The molecule has 6 heteroatoms. The molecule has 0 bridgehead atoms. The van der Waals surface area contributed by atoms with Gasteiger partial charge in [0.1, 0.15) is 5.69 Å². The molecule has 112 valence electrons. The molecule has 2 fully saturated rings. The van der Waals surface area contributed by atoms with Crippen LogP contribution in [0.3, 0.4) is 0 Å². The van der Waals surface area contributed by atoms with Gasteiger partial charge in [0, 0.05) is 42.9 Å². The van der Waals surface area contributed by atoms with Crippen molar-refractivity contribution in [3.63, 3.8) is 0 Å². The molecule has 0 unspecified atom stereocenters. The van der Waals surface area contributed by atoms with Gasteiger partial charge in [-0.1, -0.05) is 0 Å². The van der Waals surface area contributed by atoms with Gasteiger partial charge in [-0.3, -0.25) is 4.79 Å². The van der Waals surface area contributed by atoms with Gasteiger partial charge < -0.3 is 14.8 Å². The lowest BCUT2D eigenvalue weighted by Gasteiger charge is -2.20. The fourth-order valence-corrected chi connectivity index (χ4v) is 3.66. The van der Waals surface area contributed by atoms with E-state index in [2.05, 4.69) is 39.7 Å². The van der Waals surface area contributed by atoms with Gasteiger partial charge in [0.25, 0.3) is 5.91 Å². The molecule has 20 heavy (non-hydrogen) atoms. The Kier molecular flexibility index (Phi) is 4.82. The second kappa shape index (κ2) is 6.08. The van der Waals surface area contributed by atoms with Crippen LogP contribution in [0.4, 0.5) is 0 Å². The summed E-state index contributed by atoms with van der Waals surface area (Å²) >= 11 is 3.48. The fraction of sp³-hybridized carbons (Fsp3) is 0.643. The van der Waals surface area contributed by atoms with Crippen molar-refractivity contribution in [2.75, 3.05) is 26.2 Å². The number of hydrogen-bond acceptors (Lipinski definition) is 2. The van der Waals surface area contributed by atoms with Crippen molar-refractivity contribution in [1.29, 1.82) is 0 Å². The number of fused-ring (bicyclic) bond motifs is 1. The van der Waals surface area contributed by atoms with Crippen molar-refractivity contribution in [1.82, 2.24) is 14.8 Å². The number of nitrogens with zero attached hydrogens (tertiary/aromatic N) is 2. The van der Waals surface area contributed by atoms with E-state index in [1.165, 1.54) is 0 Å². The molecular formula is C14H21BrClN3O. The van der Waals surface area contributed by atoms with Crippen molar-refractivity contribution >= 4 is 34.2 Å². The van der Waals surface area contributed by atoms with Crippen LogP contribution in [0.1, 0.15) is 30.4 Å².